The van der Waals surface area contributed by atoms with E-state index in [1.54, 1.807) is 12.1 Å². The van der Waals surface area contributed by atoms with Crippen LogP contribution in [0.5, 0.6) is 11.5 Å². The maximum atomic E-state index is 11.9. The summed E-state index contributed by atoms with van der Waals surface area (Å²) in [5.74, 6) is -0.175. The lowest BCUT2D eigenvalue weighted by Crippen LogP contribution is -1.98. The zero-order valence-electron chi connectivity index (χ0n) is 16.1. The predicted octanol–water partition coefficient (Wildman–Crippen LogP) is 4.55. The Morgan fingerprint density at radius 3 is 2.63 bits per heavy atom. The fourth-order valence-electron chi connectivity index (χ4n) is 2.97. The number of aromatic hydroxyl groups is 1. The van der Waals surface area contributed by atoms with Crippen molar-refractivity contribution < 1.29 is 19.6 Å². The van der Waals surface area contributed by atoms with Gasteiger partial charge in [0.25, 0.3) is 5.69 Å². The second-order valence-corrected chi connectivity index (χ2v) is 6.86. The maximum absolute atomic E-state index is 11.9. The van der Waals surface area contributed by atoms with Gasteiger partial charge < -0.3 is 14.6 Å². The predicted molar refractivity (Wildman–Crippen MR) is 110 cm³/mol. The second-order valence-electron chi connectivity index (χ2n) is 6.86. The first kappa shape index (κ1) is 19.1. The van der Waals surface area contributed by atoms with Gasteiger partial charge in [-0.1, -0.05) is 11.8 Å². The molecule has 8 heteroatoms. The number of oxazole rings is 1. The van der Waals surface area contributed by atoms with Crippen LogP contribution < -0.4 is 5.11 Å². The molecule has 0 unspecified atom stereocenters. The molecule has 4 aromatic rings. The molecule has 0 aliphatic carbocycles. The van der Waals surface area contributed by atoms with Crippen molar-refractivity contribution in [1.82, 2.24) is 4.98 Å². The maximum Gasteiger partial charge on any atom is 0.270 e. The van der Waals surface area contributed by atoms with E-state index in [-0.39, 0.29) is 28.6 Å². The number of fused-ring (bicyclic) bond motifs is 1. The lowest BCUT2D eigenvalue weighted by atomic mass is 10.1. The minimum atomic E-state index is -0.577. The molecule has 0 saturated carbocycles. The summed E-state index contributed by atoms with van der Waals surface area (Å²) in [6.07, 6.45) is 1.25. The van der Waals surface area contributed by atoms with Crippen molar-refractivity contribution in [1.29, 1.82) is 0 Å². The Hall–Kier alpha value is -4.20. The summed E-state index contributed by atoms with van der Waals surface area (Å²) in [6.45, 7) is 3.95. The van der Waals surface area contributed by atoms with Crippen molar-refractivity contribution in [2.24, 2.45) is 4.99 Å². The summed E-state index contributed by atoms with van der Waals surface area (Å²) in [6, 6.07) is 11.8. The average Bonchev–Trinajstić information content (AvgIpc) is 3.10. The van der Waals surface area contributed by atoms with Gasteiger partial charge in [-0.15, -0.1) is 0 Å². The molecule has 8 nitrogen and oxygen atoms in total. The third-order valence-electron chi connectivity index (χ3n) is 4.77. The number of phenolic OH excluding ortho intramolecular Hbond substituents is 1. The van der Waals surface area contributed by atoms with Crippen molar-refractivity contribution in [3.8, 4) is 23.0 Å². The van der Waals surface area contributed by atoms with Gasteiger partial charge in [-0.2, -0.15) is 0 Å². The first-order chi connectivity index (χ1) is 14.3. The molecule has 0 spiro atoms. The van der Waals surface area contributed by atoms with Crippen LogP contribution in [0.25, 0.3) is 22.6 Å². The number of nitro groups is 1. The lowest BCUT2D eigenvalue weighted by molar-refractivity contribution is -0.385. The summed E-state index contributed by atoms with van der Waals surface area (Å²) in [4.78, 5) is 19.0. The summed E-state index contributed by atoms with van der Waals surface area (Å²) in [5, 5.41) is 33.1. The monoisotopic (exact) mass is 402 g/mol. The van der Waals surface area contributed by atoms with Gasteiger partial charge in [0.05, 0.1) is 16.2 Å². The summed E-state index contributed by atoms with van der Waals surface area (Å²) in [7, 11) is 0. The quantitative estimate of drug-likeness (QED) is 0.303. The van der Waals surface area contributed by atoms with Gasteiger partial charge in [0.1, 0.15) is 11.3 Å². The van der Waals surface area contributed by atoms with Gasteiger partial charge in [-0.05, 0) is 60.9 Å². The molecule has 1 aromatic heterocycles. The molecular weight excluding hydrogens is 386 g/mol. The molecule has 4 rings (SSSR count). The van der Waals surface area contributed by atoms with Crippen LogP contribution in [0.3, 0.4) is 0 Å². The fraction of sp³-hybridized carbons (Fsp3) is 0.0909. The molecular formula is C22H16N3O5-. The molecule has 0 aliphatic rings. The van der Waals surface area contributed by atoms with E-state index in [0.29, 0.717) is 22.4 Å². The molecule has 0 radical (unpaired) electrons. The van der Waals surface area contributed by atoms with E-state index in [0.717, 1.165) is 23.3 Å². The first-order valence-electron chi connectivity index (χ1n) is 9.02. The highest BCUT2D eigenvalue weighted by atomic mass is 16.6. The number of benzene rings is 3. The summed E-state index contributed by atoms with van der Waals surface area (Å²) >= 11 is 0. The Kier molecular flexibility index (Phi) is 4.67. The van der Waals surface area contributed by atoms with Crippen LogP contribution in [0.4, 0.5) is 11.4 Å². The average molecular weight is 402 g/mol. The van der Waals surface area contributed by atoms with Crippen molar-refractivity contribution in [3.63, 3.8) is 0 Å². The van der Waals surface area contributed by atoms with Gasteiger partial charge in [0.2, 0.25) is 5.89 Å². The molecule has 0 amide bonds. The molecule has 0 bridgehead atoms. The van der Waals surface area contributed by atoms with Gasteiger partial charge in [-0.25, -0.2) is 4.98 Å². The van der Waals surface area contributed by atoms with E-state index in [4.69, 9.17) is 4.42 Å². The third-order valence-corrected chi connectivity index (χ3v) is 4.77. The number of nitrogens with zero attached hydrogens (tertiary/aromatic N) is 3. The number of aryl methyl sites for hydroxylation is 2. The minimum Gasteiger partial charge on any atom is -0.872 e. The largest absolute Gasteiger partial charge is 0.872 e. The van der Waals surface area contributed by atoms with Crippen molar-refractivity contribution in [3.05, 3.63) is 75.3 Å². The highest BCUT2D eigenvalue weighted by molar-refractivity contribution is 5.87. The van der Waals surface area contributed by atoms with Crippen molar-refractivity contribution in [2.75, 3.05) is 0 Å². The number of rotatable bonds is 4. The molecule has 150 valence electrons. The zero-order valence-corrected chi connectivity index (χ0v) is 16.1. The van der Waals surface area contributed by atoms with E-state index in [1.165, 1.54) is 18.3 Å². The molecule has 0 saturated heterocycles. The third kappa shape index (κ3) is 3.58. The Bertz CT molecular complexity index is 1290. The molecule has 1 heterocycles. The Labute approximate surface area is 170 Å². The highest BCUT2D eigenvalue weighted by Gasteiger charge is 2.14. The number of phenols is 1. The minimum absolute atomic E-state index is 0.0335. The van der Waals surface area contributed by atoms with E-state index in [2.05, 4.69) is 9.98 Å². The van der Waals surface area contributed by atoms with Gasteiger partial charge in [0, 0.05) is 18.3 Å². The SMILES string of the molecule is Cc1cc2nc(-c3cc(N=Cc4cc([N+](=O)[O-])ccc4[O-])ccc3O)oc2cc1C. The van der Waals surface area contributed by atoms with E-state index in [1.807, 2.05) is 26.0 Å². The Morgan fingerprint density at radius 1 is 1.10 bits per heavy atom. The highest BCUT2D eigenvalue weighted by Crippen LogP contribution is 2.34. The van der Waals surface area contributed by atoms with Crippen LogP contribution >= 0.6 is 0 Å². The zero-order chi connectivity index (χ0) is 21.4. The molecule has 3 aromatic carbocycles. The first-order valence-corrected chi connectivity index (χ1v) is 9.02. The van der Waals surface area contributed by atoms with Gasteiger partial charge in [0.15, 0.2) is 5.58 Å². The van der Waals surface area contributed by atoms with E-state index < -0.39 is 4.92 Å². The number of aliphatic imine (C=N–C) groups is 1. The number of aromatic nitrogens is 1. The van der Waals surface area contributed by atoms with E-state index in [9.17, 15) is 20.3 Å². The van der Waals surface area contributed by atoms with Crippen LogP contribution in [-0.4, -0.2) is 21.2 Å². The Morgan fingerprint density at radius 2 is 1.87 bits per heavy atom. The fourth-order valence-corrected chi connectivity index (χ4v) is 2.97. The van der Waals surface area contributed by atoms with Crippen molar-refractivity contribution >= 4 is 28.7 Å². The number of nitro benzene ring substituents is 1. The molecule has 1 N–H and O–H groups in total. The Balaban J connectivity index is 1.72. The van der Waals surface area contributed by atoms with Crippen LogP contribution in [0.15, 0.2) is 57.9 Å². The lowest BCUT2D eigenvalue weighted by Gasteiger charge is -2.08. The standard InChI is InChI=1S/C22H17N3O5/c1-12-7-18-21(8-13(12)2)30-22(24-18)17-10-15(3-5-20(17)27)23-11-14-9-16(25(28)29)4-6-19(14)26/h3-11,26-27H,1-2H3/p-1. The molecule has 30 heavy (non-hydrogen) atoms. The topological polar surface area (TPSA) is 125 Å². The normalized spacial score (nSPS) is 11.4. The van der Waals surface area contributed by atoms with Crippen LogP contribution in [-0.2, 0) is 0 Å². The second kappa shape index (κ2) is 7.32. The van der Waals surface area contributed by atoms with Crippen molar-refractivity contribution in [2.45, 2.75) is 13.8 Å². The van der Waals surface area contributed by atoms with Crippen LogP contribution in [0, 0.1) is 24.0 Å². The number of non-ortho nitro benzene ring substituents is 1. The molecule has 0 aliphatic heterocycles. The van der Waals surface area contributed by atoms with Gasteiger partial charge >= 0.3 is 0 Å². The smallest absolute Gasteiger partial charge is 0.270 e. The number of hydrogen-bond donors (Lipinski definition) is 1. The number of hydrogen-bond acceptors (Lipinski definition) is 7. The molecule has 0 fully saturated rings. The van der Waals surface area contributed by atoms with Crippen LogP contribution in [0.1, 0.15) is 16.7 Å². The summed E-state index contributed by atoms with van der Waals surface area (Å²) in [5.41, 5.74) is 4.09. The van der Waals surface area contributed by atoms with Crippen LogP contribution in [0.2, 0.25) is 0 Å². The van der Waals surface area contributed by atoms with E-state index >= 15 is 0 Å². The van der Waals surface area contributed by atoms with Gasteiger partial charge in [-0.3, -0.25) is 15.1 Å². The summed E-state index contributed by atoms with van der Waals surface area (Å²) < 4.78 is 5.80. The molecule has 0 atom stereocenters.